The van der Waals surface area contributed by atoms with Crippen molar-refractivity contribution in [2.45, 2.75) is 56.7 Å². The number of carboxylic acid groups (broad SMARTS) is 3. The fourth-order valence-electron chi connectivity index (χ4n) is 2.40. The molecule has 0 saturated carbocycles. The molecule has 0 aromatic rings. The number of carbonyl (C=O) groups is 6. The molecule has 3 unspecified atom stereocenters. The van der Waals surface area contributed by atoms with E-state index < -0.39 is 36.0 Å². The largest absolute Gasteiger partial charge is 0.480 e. The van der Waals surface area contributed by atoms with Crippen molar-refractivity contribution >= 4 is 35.6 Å². The van der Waals surface area contributed by atoms with Gasteiger partial charge >= 0.3 is 17.9 Å². The van der Waals surface area contributed by atoms with Gasteiger partial charge in [-0.1, -0.05) is 0 Å². The van der Waals surface area contributed by atoms with Crippen molar-refractivity contribution in [2.24, 2.45) is 0 Å². The van der Waals surface area contributed by atoms with E-state index in [-0.39, 0.29) is 58.1 Å². The van der Waals surface area contributed by atoms with Crippen molar-refractivity contribution in [3.8, 4) is 0 Å². The Hall–Kier alpha value is -1.84. The summed E-state index contributed by atoms with van der Waals surface area (Å²) in [5.74, 6) is -3.32. The normalized spacial score (nSPS) is 24.9. The molecule has 0 spiro atoms. The molecule has 0 bridgehead atoms. The van der Waals surface area contributed by atoms with Gasteiger partial charge in [0.25, 0.3) is 0 Å². The molecule has 13 heteroatoms. The van der Waals surface area contributed by atoms with Gasteiger partial charge in [0.1, 0.15) is 18.1 Å². The van der Waals surface area contributed by atoms with E-state index in [0.29, 0.717) is 38.5 Å². The first-order valence-corrected chi connectivity index (χ1v) is 8.16. The number of hydrogen-bond donors (Lipinski definition) is 6. The van der Waals surface area contributed by atoms with Crippen molar-refractivity contribution in [1.82, 2.24) is 16.0 Å². The van der Waals surface area contributed by atoms with Gasteiger partial charge in [-0.2, -0.15) is 0 Å². The van der Waals surface area contributed by atoms with E-state index in [2.05, 4.69) is 16.0 Å². The zero-order chi connectivity index (χ0) is 20.6. The van der Waals surface area contributed by atoms with Crippen LogP contribution in [0.3, 0.4) is 0 Å². The molecule has 156 valence electrons. The first kappa shape index (κ1) is 26.2. The molecule has 3 rings (SSSR count). The smallest absolute Gasteiger partial charge is 0.326 e. The standard InChI is InChI=1S/3C5H7NO3.Sm/c3*7-4-2-1-3(6-4)5(8)9;/h3*3H,1-2H2,(H,6,7)(H,8,9);. The number of aliphatic carboxylic acids is 3. The second kappa shape index (κ2) is 12.6. The number of carbonyl (C=O) groups excluding carboxylic acids is 3. The maximum Gasteiger partial charge on any atom is 0.326 e. The first-order chi connectivity index (χ1) is 12.6. The summed E-state index contributed by atoms with van der Waals surface area (Å²) < 4.78 is 0. The van der Waals surface area contributed by atoms with Crippen molar-refractivity contribution in [1.29, 1.82) is 0 Å². The third kappa shape index (κ3) is 9.38. The topological polar surface area (TPSA) is 199 Å². The molecular formula is C15H21N3O9Sm. The van der Waals surface area contributed by atoms with Gasteiger partial charge in [-0.05, 0) is 19.3 Å². The van der Waals surface area contributed by atoms with Crippen molar-refractivity contribution in [3.05, 3.63) is 0 Å². The Labute approximate surface area is 191 Å². The van der Waals surface area contributed by atoms with Crippen LogP contribution in [0, 0.1) is 40.4 Å². The van der Waals surface area contributed by atoms with Crippen LogP contribution in [-0.2, 0) is 28.8 Å². The molecule has 6 N–H and O–H groups in total. The summed E-state index contributed by atoms with van der Waals surface area (Å²) in [6.07, 6.45) is 2.31. The molecule has 3 fully saturated rings. The van der Waals surface area contributed by atoms with Crippen LogP contribution >= 0.6 is 0 Å². The third-order valence-corrected chi connectivity index (χ3v) is 3.88. The van der Waals surface area contributed by atoms with Gasteiger partial charge in [0, 0.05) is 59.7 Å². The molecule has 3 aliphatic heterocycles. The van der Waals surface area contributed by atoms with Crippen LogP contribution < -0.4 is 16.0 Å². The van der Waals surface area contributed by atoms with E-state index in [1.807, 2.05) is 0 Å². The Morgan fingerprint density at radius 2 is 0.821 bits per heavy atom. The molecule has 0 aromatic heterocycles. The molecule has 3 amide bonds. The van der Waals surface area contributed by atoms with Gasteiger partial charge in [-0.25, -0.2) is 14.4 Å². The average Bonchev–Trinajstić information content (AvgIpc) is 3.30. The first-order valence-electron chi connectivity index (χ1n) is 8.16. The molecular weight excluding hydrogens is 517 g/mol. The molecule has 12 nitrogen and oxygen atoms in total. The number of hydrogen-bond acceptors (Lipinski definition) is 6. The summed E-state index contributed by atoms with van der Waals surface area (Å²) in [7, 11) is 0. The monoisotopic (exact) mass is 539 g/mol. The fourth-order valence-corrected chi connectivity index (χ4v) is 2.40. The summed E-state index contributed by atoms with van der Waals surface area (Å²) in [6, 6.07) is -1.92. The molecule has 3 heterocycles. The Morgan fingerprint density at radius 3 is 0.893 bits per heavy atom. The van der Waals surface area contributed by atoms with E-state index in [9.17, 15) is 28.8 Å². The van der Waals surface area contributed by atoms with Gasteiger partial charge in [0.2, 0.25) is 17.7 Å². The van der Waals surface area contributed by atoms with Crippen LogP contribution in [0.25, 0.3) is 0 Å². The Bertz CT molecular complexity index is 555. The maximum absolute atomic E-state index is 10.4. The second-order valence-corrected chi connectivity index (χ2v) is 5.99. The minimum absolute atomic E-state index is 0. The van der Waals surface area contributed by atoms with E-state index in [1.165, 1.54) is 0 Å². The summed E-state index contributed by atoms with van der Waals surface area (Å²) >= 11 is 0. The molecule has 28 heavy (non-hydrogen) atoms. The van der Waals surface area contributed by atoms with Gasteiger partial charge in [-0.3, -0.25) is 14.4 Å². The summed E-state index contributed by atoms with van der Waals surface area (Å²) in [5.41, 5.74) is 0. The molecule has 0 aromatic carbocycles. The second-order valence-electron chi connectivity index (χ2n) is 5.99. The zero-order valence-corrected chi connectivity index (χ0v) is 17.3. The van der Waals surface area contributed by atoms with E-state index in [1.54, 1.807) is 0 Å². The van der Waals surface area contributed by atoms with Gasteiger partial charge in [-0.15, -0.1) is 0 Å². The summed E-state index contributed by atoms with van der Waals surface area (Å²) in [6.45, 7) is 0. The van der Waals surface area contributed by atoms with Crippen LogP contribution in [0.15, 0.2) is 0 Å². The Kier molecular flexibility index (Phi) is 11.8. The van der Waals surface area contributed by atoms with Crippen LogP contribution in [0.2, 0.25) is 0 Å². The van der Waals surface area contributed by atoms with E-state index >= 15 is 0 Å². The molecule has 3 aliphatic rings. The SMILES string of the molecule is O=C1CCC(C(=O)O)N1.O=C1CCC(C(=O)O)N1.O=C1CCC(C(=O)O)N1.[Sm]. The minimum atomic E-state index is -0.944. The van der Waals surface area contributed by atoms with E-state index in [4.69, 9.17) is 15.3 Å². The van der Waals surface area contributed by atoms with Crippen LogP contribution in [0.4, 0.5) is 0 Å². The molecule has 3 atom stereocenters. The number of rotatable bonds is 3. The Morgan fingerprint density at radius 1 is 0.607 bits per heavy atom. The predicted molar refractivity (Wildman–Crippen MR) is 86.4 cm³/mol. The third-order valence-electron chi connectivity index (χ3n) is 3.88. The van der Waals surface area contributed by atoms with Crippen LogP contribution in [0.1, 0.15) is 38.5 Å². The number of nitrogens with one attached hydrogen (secondary N) is 3. The quantitative estimate of drug-likeness (QED) is 0.237. The fraction of sp³-hybridized carbons (Fsp3) is 0.600. The maximum atomic E-state index is 10.4. The van der Waals surface area contributed by atoms with Crippen LogP contribution in [0.5, 0.6) is 0 Å². The number of carboxylic acids is 3. The Balaban J connectivity index is 0.000000384. The number of amides is 3. The summed E-state index contributed by atoms with van der Waals surface area (Å²) in [4.78, 5) is 61.5. The zero-order valence-electron chi connectivity index (χ0n) is 14.7. The summed E-state index contributed by atoms with van der Waals surface area (Å²) in [5, 5.41) is 31.9. The molecule has 0 aliphatic carbocycles. The van der Waals surface area contributed by atoms with Crippen molar-refractivity contribution in [3.63, 3.8) is 0 Å². The van der Waals surface area contributed by atoms with Crippen molar-refractivity contribution < 1.29 is 84.5 Å². The van der Waals surface area contributed by atoms with Crippen molar-refractivity contribution in [2.75, 3.05) is 0 Å². The van der Waals surface area contributed by atoms with Gasteiger partial charge < -0.3 is 31.3 Å². The predicted octanol–water partition coefficient (Wildman–Crippen LogP) is -1.95. The molecule has 0 radical (unpaired) electrons. The average molecular weight is 538 g/mol. The van der Waals surface area contributed by atoms with Gasteiger partial charge in [0.15, 0.2) is 0 Å². The minimum Gasteiger partial charge on any atom is -0.480 e. The van der Waals surface area contributed by atoms with E-state index in [0.717, 1.165) is 0 Å². The van der Waals surface area contributed by atoms with Gasteiger partial charge in [0.05, 0.1) is 0 Å². The van der Waals surface area contributed by atoms with Crippen LogP contribution in [-0.4, -0.2) is 69.1 Å². The molecule has 3 saturated heterocycles.